The maximum absolute atomic E-state index is 13.6. The van der Waals surface area contributed by atoms with Gasteiger partial charge in [0.1, 0.15) is 0 Å². The molecule has 6 heteroatoms. The second kappa shape index (κ2) is 5.38. The molecule has 1 aromatic heterocycles. The number of pyridine rings is 1. The lowest BCUT2D eigenvalue weighted by Gasteiger charge is -2.25. The highest BCUT2D eigenvalue weighted by Crippen LogP contribution is 2.52. The minimum Gasteiger partial charge on any atom is -0.448 e. The molecule has 0 amide bonds. The van der Waals surface area contributed by atoms with E-state index in [-0.39, 0.29) is 11.5 Å². The average Bonchev–Trinajstić information content (AvgIpc) is 3.25. The summed E-state index contributed by atoms with van der Waals surface area (Å²) in [6.45, 7) is 1.27. The van der Waals surface area contributed by atoms with Crippen molar-refractivity contribution in [3.05, 3.63) is 63.9 Å². The second-order valence-electron chi connectivity index (χ2n) is 7.31. The Labute approximate surface area is 155 Å². The first-order valence-electron chi connectivity index (χ1n) is 8.80. The van der Waals surface area contributed by atoms with Crippen molar-refractivity contribution in [3.63, 3.8) is 0 Å². The number of halogens is 1. The monoisotopic (exact) mass is 368 g/mol. The minimum atomic E-state index is -0.762. The van der Waals surface area contributed by atoms with E-state index in [9.17, 15) is 9.59 Å². The van der Waals surface area contributed by atoms with Crippen LogP contribution < -0.4 is 5.32 Å². The van der Waals surface area contributed by atoms with Crippen molar-refractivity contribution >= 4 is 23.4 Å². The van der Waals surface area contributed by atoms with Gasteiger partial charge in [-0.25, -0.2) is 9.78 Å². The van der Waals surface area contributed by atoms with Crippen molar-refractivity contribution in [1.82, 2.24) is 10.3 Å². The molecule has 3 aliphatic rings. The van der Waals surface area contributed by atoms with E-state index in [0.29, 0.717) is 29.1 Å². The summed E-state index contributed by atoms with van der Waals surface area (Å²) in [5, 5.41) is 3.89. The highest BCUT2D eigenvalue weighted by atomic mass is 35.5. The molecule has 5 rings (SSSR count). The first kappa shape index (κ1) is 16.0. The topological polar surface area (TPSA) is 68.3 Å². The molecule has 2 aromatic rings. The zero-order valence-corrected chi connectivity index (χ0v) is 14.8. The van der Waals surface area contributed by atoms with E-state index in [4.69, 9.17) is 16.3 Å². The molecule has 1 unspecified atom stereocenters. The molecule has 1 saturated carbocycles. The van der Waals surface area contributed by atoms with Crippen molar-refractivity contribution in [2.45, 2.75) is 30.3 Å². The third-order valence-corrected chi connectivity index (χ3v) is 6.08. The minimum absolute atomic E-state index is 0.0445. The number of nitrogens with one attached hydrogen (secondary N) is 1. The maximum Gasteiger partial charge on any atom is 0.358 e. The number of carbonyl (C=O) groups is 2. The van der Waals surface area contributed by atoms with Crippen LogP contribution in [0.25, 0.3) is 0 Å². The van der Waals surface area contributed by atoms with Gasteiger partial charge in [-0.15, -0.1) is 0 Å². The third-order valence-electron chi connectivity index (χ3n) is 5.83. The van der Waals surface area contributed by atoms with E-state index in [1.165, 1.54) is 6.20 Å². The first-order valence-corrected chi connectivity index (χ1v) is 9.18. The molecule has 1 N–H and O–H groups in total. The largest absolute Gasteiger partial charge is 0.448 e. The van der Waals surface area contributed by atoms with Crippen molar-refractivity contribution in [3.8, 4) is 0 Å². The maximum atomic E-state index is 13.6. The molecule has 0 radical (unpaired) electrons. The Morgan fingerprint density at radius 1 is 1.15 bits per heavy atom. The number of benzene rings is 1. The molecule has 5 nitrogen and oxygen atoms in total. The number of hydrogen-bond acceptors (Lipinski definition) is 5. The van der Waals surface area contributed by atoms with Crippen molar-refractivity contribution < 1.29 is 14.3 Å². The predicted molar refractivity (Wildman–Crippen MR) is 95.5 cm³/mol. The average molecular weight is 369 g/mol. The van der Waals surface area contributed by atoms with E-state index >= 15 is 0 Å². The molecule has 26 heavy (non-hydrogen) atoms. The SMILES string of the molecule is O=C1OC2(CCNC2)c2c(C(=O)C3(c4ccc(Cl)cc4)CC3)ccnc21. The highest BCUT2D eigenvalue weighted by molar-refractivity contribution is 6.30. The summed E-state index contributed by atoms with van der Waals surface area (Å²) >= 11 is 6.00. The number of Topliss-reactive ketones (excluding diaryl/α,β-unsaturated/α-hetero) is 1. The van der Waals surface area contributed by atoms with E-state index in [0.717, 1.165) is 24.9 Å². The predicted octanol–water partition coefficient (Wildman–Crippen LogP) is 3.01. The van der Waals surface area contributed by atoms with E-state index in [2.05, 4.69) is 10.3 Å². The van der Waals surface area contributed by atoms with Crippen molar-refractivity contribution in [2.24, 2.45) is 0 Å². The number of carbonyl (C=O) groups excluding carboxylic acids is 2. The van der Waals surface area contributed by atoms with E-state index < -0.39 is 17.0 Å². The van der Waals surface area contributed by atoms with Gasteiger partial charge in [0.2, 0.25) is 0 Å². The quantitative estimate of drug-likeness (QED) is 0.666. The lowest BCUT2D eigenvalue weighted by Crippen LogP contribution is -2.32. The van der Waals surface area contributed by atoms with Gasteiger partial charge >= 0.3 is 5.97 Å². The van der Waals surface area contributed by atoms with Crippen LogP contribution in [-0.2, 0) is 15.8 Å². The molecule has 1 atom stereocenters. The first-order chi connectivity index (χ1) is 12.6. The Bertz CT molecular complexity index is 929. The van der Waals surface area contributed by atoms with Crippen LogP contribution >= 0.6 is 11.6 Å². The van der Waals surface area contributed by atoms with E-state index in [1.807, 2.05) is 24.3 Å². The second-order valence-corrected chi connectivity index (χ2v) is 7.75. The molecular weight excluding hydrogens is 352 g/mol. The molecule has 3 heterocycles. The fourth-order valence-electron chi connectivity index (χ4n) is 4.31. The zero-order valence-electron chi connectivity index (χ0n) is 14.0. The lowest BCUT2D eigenvalue weighted by atomic mass is 9.81. The zero-order chi connectivity index (χ0) is 17.9. The smallest absolute Gasteiger partial charge is 0.358 e. The van der Waals surface area contributed by atoms with Gasteiger partial charge < -0.3 is 10.1 Å². The fraction of sp³-hybridized carbons (Fsp3) is 0.350. The molecule has 1 aliphatic carbocycles. The number of ether oxygens (including phenoxy) is 1. The summed E-state index contributed by atoms with van der Waals surface area (Å²) in [5.74, 6) is -0.391. The Kier molecular flexibility index (Phi) is 3.30. The summed E-state index contributed by atoms with van der Waals surface area (Å²) in [4.78, 5) is 30.1. The van der Waals surface area contributed by atoms with Gasteiger partial charge in [-0.1, -0.05) is 23.7 Å². The van der Waals surface area contributed by atoms with Crippen LogP contribution in [0, 0.1) is 0 Å². The number of nitrogens with zero attached hydrogens (tertiary/aromatic N) is 1. The molecular formula is C20H17ClN2O3. The molecule has 1 aromatic carbocycles. The molecule has 2 aliphatic heterocycles. The summed E-state index contributed by atoms with van der Waals surface area (Å²) in [6.07, 6.45) is 3.79. The summed E-state index contributed by atoms with van der Waals surface area (Å²) < 4.78 is 5.69. The molecule has 0 bridgehead atoms. The van der Waals surface area contributed by atoms with Gasteiger partial charge in [-0.3, -0.25) is 4.79 Å². The van der Waals surface area contributed by atoms with Gasteiger partial charge in [0.15, 0.2) is 17.1 Å². The van der Waals surface area contributed by atoms with E-state index in [1.54, 1.807) is 6.07 Å². The Morgan fingerprint density at radius 2 is 1.92 bits per heavy atom. The Balaban J connectivity index is 1.63. The molecule has 132 valence electrons. The standard InChI is InChI=1S/C20H17ClN2O3/c21-13-3-1-12(2-4-13)19(6-7-19)17(24)14-5-9-23-16-15(14)20(26-18(16)25)8-10-22-11-20/h1-5,9,22H,6-8,10-11H2. The van der Waals surface area contributed by atoms with Gasteiger partial charge in [-0.2, -0.15) is 0 Å². The van der Waals surface area contributed by atoms with Crippen LogP contribution in [0.5, 0.6) is 0 Å². The van der Waals surface area contributed by atoms with Crippen molar-refractivity contribution in [2.75, 3.05) is 13.1 Å². The Morgan fingerprint density at radius 3 is 2.58 bits per heavy atom. The van der Waals surface area contributed by atoms with Gasteiger partial charge in [0.05, 0.1) is 5.41 Å². The van der Waals surface area contributed by atoms with Gasteiger partial charge in [-0.05, 0) is 43.1 Å². The third kappa shape index (κ3) is 2.10. The van der Waals surface area contributed by atoms with Crippen LogP contribution in [-0.4, -0.2) is 29.8 Å². The van der Waals surface area contributed by atoms with Gasteiger partial charge in [0, 0.05) is 35.3 Å². The van der Waals surface area contributed by atoms with Crippen LogP contribution in [0.2, 0.25) is 5.02 Å². The molecule has 2 fully saturated rings. The summed E-state index contributed by atoms with van der Waals surface area (Å²) in [5.41, 5.74) is 1.20. The Hall–Kier alpha value is -2.24. The summed E-state index contributed by atoms with van der Waals surface area (Å²) in [6, 6.07) is 9.21. The number of ketones is 1. The van der Waals surface area contributed by atoms with Crippen LogP contribution in [0.4, 0.5) is 0 Å². The number of fused-ring (bicyclic) bond motifs is 2. The molecule has 1 saturated heterocycles. The van der Waals surface area contributed by atoms with Crippen molar-refractivity contribution in [1.29, 1.82) is 0 Å². The number of rotatable bonds is 3. The fourth-order valence-corrected chi connectivity index (χ4v) is 4.44. The van der Waals surface area contributed by atoms with Gasteiger partial charge in [0.25, 0.3) is 0 Å². The van der Waals surface area contributed by atoms with Crippen LogP contribution in [0.3, 0.4) is 0 Å². The normalized spacial score (nSPS) is 25.2. The lowest BCUT2D eigenvalue weighted by molar-refractivity contribution is 0.00115. The number of hydrogen-bond donors (Lipinski definition) is 1. The number of esters is 1. The number of aromatic nitrogens is 1. The van der Waals surface area contributed by atoms with Crippen LogP contribution in [0.1, 0.15) is 51.2 Å². The van der Waals surface area contributed by atoms with Crippen LogP contribution in [0.15, 0.2) is 36.5 Å². The highest BCUT2D eigenvalue weighted by Gasteiger charge is 2.56. The molecule has 1 spiro atoms. The summed E-state index contributed by atoms with van der Waals surface area (Å²) in [7, 11) is 0.